The number of nitrogens with one attached hydrogen (secondary N) is 1. The van der Waals surface area contributed by atoms with Crippen LogP contribution in [-0.2, 0) is 24.4 Å². The molecule has 1 heterocycles. The maximum Gasteiger partial charge on any atom is 0.338 e. The van der Waals surface area contributed by atoms with E-state index < -0.39 is 5.97 Å². The third-order valence-corrected chi connectivity index (χ3v) is 5.84. The summed E-state index contributed by atoms with van der Waals surface area (Å²) >= 11 is 0. The van der Waals surface area contributed by atoms with Gasteiger partial charge in [-0.3, -0.25) is 4.79 Å². The number of fused-ring (bicyclic) bond motifs is 1. The second kappa shape index (κ2) is 11.1. The smallest absolute Gasteiger partial charge is 0.338 e. The number of Topliss-reactive ketones (excluding diaryl/α,β-unsaturated/α-hetero) is 1. The highest BCUT2D eigenvalue weighted by Gasteiger charge is 2.15. The van der Waals surface area contributed by atoms with Gasteiger partial charge in [-0.15, -0.1) is 0 Å². The van der Waals surface area contributed by atoms with Crippen LogP contribution in [0.25, 0.3) is 22.2 Å². The molecule has 0 aliphatic heterocycles. The minimum atomic E-state index is -0.461. The fourth-order valence-corrected chi connectivity index (χ4v) is 4.04. The van der Waals surface area contributed by atoms with Crippen molar-refractivity contribution in [3.05, 3.63) is 88.5 Å². The second-order valence-electron chi connectivity index (χ2n) is 8.20. The first kappa shape index (κ1) is 25.0. The molecule has 0 unspecified atom stereocenters. The number of hydrogen-bond acceptors (Lipinski definition) is 8. The van der Waals surface area contributed by atoms with Crippen LogP contribution in [0.2, 0.25) is 0 Å². The maximum atomic E-state index is 13.0. The number of rotatable bonds is 9. The number of carbonyl (C=O) groups excluding carboxylic acids is 2. The highest BCUT2D eigenvalue weighted by atomic mass is 16.5. The number of nitrogens with zero attached hydrogens (tertiary/aromatic N) is 2. The number of aliphatic hydroxyl groups is 2. The molecule has 3 aromatic carbocycles. The molecule has 0 saturated heterocycles. The number of benzene rings is 3. The van der Waals surface area contributed by atoms with Crippen molar-refractivity contribution < 1.29 is 24.5 Å². The molecule has 0 fully saturated rings. The van der Waals surface area contributed by atoms with E-state index in [2.05, 4.69) is 15.3 Å². The number of aromatic nitrogens is 2. The molecule has 8 nitrogen and oxygen atoms in total. The summed E-state index contributed by atoms with van der Waals surface area (Å²) in [6.07, 6.45) is 0.137. The minimum Gasteiger partial charge on any atom is -0.462 e. The zero-order chi connectivity index (χ0) is 25.7. The topological polar surface area (TPSA) is 122 Å². The first-order valence-electron chi connectivity index (χ1n) is 11.6. The Bertz CT molecular complexity index is 1430. The average Bonchev–Trinajstić information content (AvgIpc) is 2.91. The number of carbonyl (C=O) groups is 2. The van der Waals surface area contributed by atoms with E-state index in [9.17, 15) is 19.8 Å². The fourth-order valence-electron chi connectivity index (χ4n) is 4.04. The Morgan fingerprint density at radius 3 is 2.36 bits per heavy atom. The lowest BCUT2D eigenvalue weighted by atomic mass is 9.97. The van der Waals surface area contributed by atoms with Crippen LogP contribution in [0.5, 0.6) is 0 Å². The van der Waals surface area contributed by atoms with Gasteiger partial charge in [-0.25, -0.2) is 14.8 Å². The molecule has 4 rings (SSSR count). The molecule has 0 atom stereocenters. The quantitative estimate of drug-likeness (QED) is 0.241. The van der Waals surface area contributed by atoms with Crippen LogP contribution in [0.15, 0.2) is 60.7 Å². The Morgan fingerprint density at radius 2 is 1.64 bits per heavy atom. The first-order valence-corrected chi connectivity index (χ1v) is 11.6. The van der Waals surface area contributed by atoms with Crippen molar-refractivity contribution in [3.8, 4) is 11.3 Å². The Labute approximate surface area is 208 Å². The van der Waals surface area contributed by atoms with Crippen molar-refractivity contribution in [3.63, 3.8) is 0 Å². The summed E-state index contributed by atoms with van der Waals surface area (Å²) in [5, 5.41) is 23.1. The van der Waals surface area contributed by atoms with Gasteiger partial charge < -0.3 is 20.3 Å². The van der Waals surface area contributed by atoms with Crippen molar-refractivity contribution in [2.75, 3.05) is 19.0 Å². The second-order valence-corrected chi connectivity index (χ2v) is 8.20. The zero-order valence-electron chi connectivity index (χ0n) is 20.1. The number of aliphatic hydroxyl groups excluding tert-OH is 2. The van der Waals surface area contributed by atoms with Gasteiger partial charge in [-0.05, 0) is 53.9 Å². The first-order chi connectivity index (χ1) is 17.5. The minimum absolute atomic E-state index is 0.128. The molecule has 1 aromatic heterocycles. The summed E-state index contributed by atoms with van der Waals surface area (Å²) in [7, 11) is 1.72. The molecule has 0 radical (unpaired) electrons. The van der Waals surface area contributed by atoms with Crippen LogP contribution < -0.4 is 5.32 Å². The zero-order valence-corrected chi connectivity index (χ0v) is 20.1. The van der Waals surface area contributed by atoms with Gasteiger partial charge in [0.1, 0.15) is 0 Å². The third kappa shape index (κ3) is 5.25. The van der Waals surface area contributed by atoms with Gasteiger partial charge in [0.05, 0.1) is 36.6 Å². The van der Waals surface area contributed by atoms with E-state index in [-0.39, 0.29) is 32.0 Å². The summed E-state index contributed by atoms with van der Waals surface area (Å²) in [6.45, 7) is 1.56. The number of esters is 1. The summed E-state index contributed by atoms with van der Waals surface area (Å²) in [5.41, 5.74) is 4.80. The standard InChI is InChI=1S/C28H27N3O5/c1-3-36-27(35)20-9-5-7-18(12-20)25(34)11-17-6-4-8-19(10-17)26-23-13-21(15-32)22(16-33)14-24(23)30-28(29-2)31-26/h4-10,12-14,32-33H,3,11,15-16H2,1-2H3,(H,29,30,31). The predicted octanol–water partition coefficient (Wildman–Crippen LogP) is 3.93. The molecular formula is C28H27N3O5. The van der Waals surface area contributed by atoms with E-state index in [1.807, 2.05) is 24.3 Å². The number of anilines is 1. The maximum absolute atomic E-state index is 13.0. The van der Waals surface area contributed by atoms with Crippen molar-refractivity contribution >= 4 is 28.6 Å². The van der Waals surface area contributed by atoms with Gasteiger partial charge >= 0.3 is 5.97 Å². The van der Waals surface area contributed by atoms with Crippen molar-refractivity contribution in [2.45, 2.75) is 26.6 Å². The number of ether oxygens (including phenoxy) is 1. The number of hydrogen-bond donors (Lipinski definition) is 3. The van der Waals surface area contributed by atoms with E-state index in [0.717, 1.165) is 16.5 Å². The van der Waals surface area contributed by atoms with Crippen molar-refractivity contribution in [1.29, 1.82) is 0 Å². The molecular weight excluding hydrogens is 458 g/mol. The van der Waals surface area contributed by atoms with Gasteiger partial charge in [0, 0.05) is 30.0 Å². The van der Waals surface area contributed by atoms with Gasteiger partial charge in [-0.2, -0.15) is 0 Å². The molecule has 4 aromatic rings. The van der Waals surface area contributed by atoms with Crippen LogP contribution in [0, 0.1) is 0 Å². The normalized spacial score (nSPS) is 10.9. The molecule has 0 aliphatic rings. The van der Waals surface area contributed by atoms with Crippen molar-refractivity contribution in [1.82, 2.24) is 9.97 Å². The largest absolute Gasteiger partial charge is 0.462 e. The monoisotopic (exact) mass is 485 g/mol. The molecule has 8 heteroatoms. The van der Waals surface area contributed by atoms with Crippen LogP contribution >= 0.6 is 0 Å². The summed E-state index contributed by atoms with van der Waals surface area (Å²) in [5.74, 6) is -0.177. The van der Waals surface area contributed by atoms with E-state index in [1.54, 1.807) is 50.4 Å². The van der Waals surface area contributed by atoms with Gasteiger partial charge in [-0.1, -0.05) is 30.3 Å². The molecule has 0 amide bonds. The highest BCUT2D eigenvalue weighted by Crippen LogP contribution is 2.30. The predicted molar refractivity (Wildman–Crippen MR) is 137 cm³/mol. The fraction of sp³-hybridized carbons (Fsp3) is 0.214. The van der Waals surface area contributed by atoms with Crippen LogP contribution in [0.1, 0.15) is 44.3 Å². The van der Waals surface area contributed by atoms with Gasteiger partial charge in [0.25, 0.3) is 0 Å². The van der Waals surface area contributed by atoms with Crippen LogP contribution in [0.3, 0.4) is 0 Å². The highest BCUT2D eigenvalue weighted by molar-refractivity contribution is 6.00. The molecule has 0 saturated carbocycles. The summed E-state index contributed by atoms with van der Waals surface area (Å²) < 4.78 is 5.03. The Hall–Kier alpha value is -4.14. The molecule has 0 spiro atoms. The molecule has 184 valence electrons. The van der Waals surface area contributed by atoms with E-state index in [0.29, 0.717) is 39.4 Å². The molecule has 36 heavy (non-hydrogen) atoms. The van der Waals surface area contributed by atoms with E-state index >= 15 is 0 Å². The van der Waals surface area contributed by atoms with Gasteiger partial charge in [0.15, 0.2) is 5.78 Å². The van der Waals surface area contributed by atoms with Crippen molar-refractivity contribution in [2.24, 2.45) is 0 Å². The Morgan fingerprint density at radius 1 is 0.917 bits per heavy atom. The molecule has 0 aliphatic carbocycles. The number of ketones is 1. The molecule has 3 N–H and O–H groups in total. The molecule has 0 bridgehead atoms. The Balaban J connectivity index is 1.70. The van der Waals surface area contributed by atoms with E-state index in [4.69, 9.17) is 4.74 Å². The summed E-state index contributed by atoms with van der Waals surface area (Å²) in [4.78, 5) is 34.2. The van der Waals surface area contributed by atoms with Gasteiger partial charge in [0.2, 0.25) is 5.95 Å². The average molecular weight is 486 g/mol. The lowest BCUT2D eigenvalue weighted by Gasteiger charge is -2.13. The summed E-state index contributed by atoms with van der Waals surface area (Å²) in [6, 6.07) is 17.6. The third-order valence-electron chi connectivity index (χ3n) is 5.84. The lowest BCUT2D eigenvalue weighted by molar-refractivity contribution is 0.0526. The van der Waals surface area contributed by atoms with Crippen LogP contribution in [-0.4, -0.2) is 45.6 Å². The van der Waals surface area contributed by atoms with E-state index in [1.165, 1.54) is 0 Å². The SMILES string of the molecule is CCOC(=O)c1cccc(C(=O)Cc2cccc(-c3nc(NC)nc4cc(CO)c(CO)cc34)c2)c1. The Kier molecular flexibility index (Phi) is 7.68. The lowest BCUT2D eigenvalue weighted by Crippen LogP contribution is -2.08. The van der Waals surface area contributed by atoms with Crippen LogP contribution in [0.4, 0.5) is 5.95 Å².